The summed E-state index contributed by atoms with van der Waals surface area (Å²) in [4.78, 5) is 11.8. The summed E-state index contributed by atoms with van der Waals surface area (Å²) in [5.74, 6) is -0.0885. The lowest BCUT2D eigenvalue weighted by molar-refractivity contribution is 0.0318. The highest BCUT2D eigenvalue weighted by Gasteiger charge is 2.12. The lowest BCUT2D eigenvalue weighted by atomic mass is 10.1. The molecule has 0 atom stereocenters. The number of halogens is 1. The van der Waals surface area contributed by atoms with Crippen LogP contribution in [0.3, 0.4) is 0 Å². The van der Waals surface area contributed by atoms with Crippen LogP contribution in [0.2, 0.25) is 5.02 Å². The van der Waals surface area contributed by atoms with Gasteiger partial charge in [-0.25, -0.2) is 0 Å². The van der Waals surface area contributed by atoms with E-state index < -0.39 is 0 Å². The van der Waals surface area contributed by atoms with E-state index in [1.165, 1.54) is 0 Å². The molecule has 2 N–H and O–H groups in total. The number of carbonyl (C=O) groups excluding carboxylic acids is 1. The molecule has 1 aliphatic rings. The minimum Gasteiger partial charge on any atom is -0.378 e. The normalized spacial score (nSPS) is 16.1. The summed E-state index contributed by atoms with van der Waals surface area (Å²) in [7, 11) is 0. The first-order valence-corrected chi connectivity index (χ1v) is 7.49. The zero-order chi connectivity index (χ0) is 14.2. The molecule has 0 aliphatic carbocycles. The van der Waals surface area contributed by atoms with Crippen molar-refractivity contribution in [3.05, 3.63) is 34.9 Å². The predicted octanol–water partition coefficient (Wildman–Crippen LogP) is 2.23. The summed E-state index contributed by atoms with van der Waals surface area (Å²) in [6.07, 6.45) is 3.36. The van der Waals surface area contributed by atoms with Crippen molar-refractivity contribution in [3.63, 3.8) is 0 Å². The molecule has 0 bridgehead atoms. The highest BCUT2D eigenvalue weighted by molar-refractivity contribution is 6.30. The Morgan fingerprint density at radius 2 is 2.20 bits per heavy atom. The van der Waals surface area contributed by atoms with E-state index in [0.29, 0.717) is 29.8 Å². The minimum atomic E-state index is -0.0885. The molecule has 1 aliphatic heterocycles. The lowest BCUT2D eigenvalue weighted by Crippen LogP contribution is -2.33. The van der Waals surface area contributed by atoms with Crippen LogP contribution in [0.1, 0.15) is 29.6 Å². The third-order valence-corrected chi connectivity index (χ3v) is 3.57. The Bertz CT molecular complexity index is 434. The third-order valence-electron chi connectivity index (χ3n) is 3.33. The number of piperidine rings is 1. The molecule has 1 fully saturated rings. The summed E-state index contributed by atoms with van der Waals surface area (Å²) in [5.41, 5.74) is 0.594. The lowest BCUT2D eigenvalue weighted by Gasteiger charge is -2.22. The van der Waals surface area contributed by atoms with Gasteiger partial charge in [-0.2, -0.15) is 0 Å². The Labute approximate surface area is 124 Å². The van der Waals surface area contributed by atoms with Crippen LogP contribution >= 0.6 is 11.6 Å². The summed E-state index contributed by atoms with van der Waals surface area (Å²) in [6, 6.07) is 6.96. The maximum atomic E-state index is 11.8. The van der Waals surface area contributed by atoms with Crippen LogP contribution in [0.4, 0.5) is 0 Å². The van der Waals surface area contributed by atoms with E-state index in [2.05, 4.69) is 10.6 Å². The highest BCUT2D eigenvalue weighted by atomic mass is 35.5. The largest absolute Gasteiger partial charge is 0.378 e. The first-order valence-electron chi connectivity index (χ1n) is 7.12. The zero-order valence-corrected chi connectivity index (χ0v) is 12.3. The molecule has 1 heterocycles. The number of hydrogen-bond donors (Lipinski definition) is 2. The van der Waals surface area contributed by atoms with Crippen molar-refractivity contribution in [2.45, 2.75) is 25.4 Å². The van der Waals surface area contributed by atoms with Crippen LogP contribution < -0.4 is 10.6 Å². The molecule has 0 radical (unpaired) electrons. The smallest absolute Gasteiger partial charge is 0.251 e. The predicted molar refractivity (Wildman–Crippen MR) is 80.2 cm³/mol. The fourth-order valence-corrected chi connectivity index (χ4v) is 2.41. The molecule has 110 valence electrons. The molecular formula is C15H21ClN2O2. The molecule has 1 amide bonds. The van der Waals surface area contributed by atoms with E-state index in [4.69, 9.17) is 16.3 Å². The molecule has 0 spiro atoms. The van der Waals surface area contributed by atoms with Crippen molar-refractivity contribution in [1.29, 1.82) is 0 Å². The number of carbonyl (C=O) groups is 1. The van der Waals surface area contributed by atoms with Crippen LogP contribution in [0.5, 0.6) is 0 Å². The summed E-state index contributed by atoms with van der Waals surface area (Å²) in [5, 5.41) is 6.76. The Morgan fingerprint density at radius 1 is 1.40 bits per heavy atom. The van der Waals surface area contributed by atoms with Gasteiger partial charge in [0.2, 0.25) is 0 Å². The van der Waals surface area contributed by atoms with Crippen molar-refractivity contribution in [1.82, 2.24) is 10.6 Å². The Morgan fingerprint density at radius 3 is 2.95 bits per heavy atom. The van der Waals surface area contributed by atoms with Crippen molar-refractivity contribution in [2.24, 2.45) is 0 Å². The van der Waals surface area contributed by atoms with E-state index in [1.807, 2.05) is 0 Å². The molecule has 2 rings (SSSR count). The van der Waals surface area contributed by atoms with Crippen LogP contribution in [0.15, 0.2) is 24.3 Å². The van der Waals surface area contributed by atoms with E-state index in [1.54, 1.807) is 24.3 Å². The maximum Gasteiger partial charge on any atom is 0.251 e. The van der Waals surface area contributed by atoms with Gasteiger partial charge in [0.25, 0.3) is 5.91 Å². The van der Waals surface area contributed by atoms with Gasteiger partial charge in [-0.3, -0.25) is 4.79 Å². The van der Waals surface area contributed by atoms with Gasteiger partial charge >= 0.3 is 0 Å². The van der Waals surface area contributed by atoms with Crippen molar-refractivity contribution in [2.75, 3.05) is 26.2 Å². The maximum absolute atomic E-state index is 11.8. The van der Waals surface area contributed by atoms with Gasteiger partial charge in [-0.15, -0.1) is 0 Å². The van der Waals surface area contributed by atoms with Gasteiger partial charge in [0, 0.05) is 23.7 Å². The standard InChI is InChI=1S/C15H21ClN2O2/c16-13-4-1-3-12(11-13)15(19)18-7-2-10-20-14-5-8-17-9-6-14/h1,3-4,11,14,17H,2,5-10H2,(H,18,19). The molecule has 0 unspecified atom stereocenters. The van der Waals surface area contributed by atoms with Crippen molar-refractivity contribution < 1.29 is 9.53 Å². The van der Waals surface area contributed by atoms with Gasteiger partial charge in [0.05, 0.1) is 6.10 Å². The molecule has 0 saturated carbocycles. The zero-order valence-electron chi connectivity index (χ0n) is 11.5. The van der Waals surface area contributed by atoms with Crippen LogP contribution in [-0.2, 0) is 4.74 Å². The number of rotatable bonds is 6. The van der Waals surface area contributed by atoms with Crippen molar-refractivity contribution >= 4 is 17.5 Å². The van der Waals surface area contributed by atoms with Gasteiger partial charge in [0.1, 0.15) is 0 Å². The fourth-order valence-electron chi connectivity index (χ4n) is 2.22. The number of benzene rings is 1. The molecule has 5 heteroatoms. The first kappa shape index (κ1) is 15.3. The number of hydrogen-bond acceptors (Lipinski definition) is 3. The third kappa shape index (κ3) is 5.12. The van der Waals surface area contributed by atoms with E-state index in [0.717, 1.165) is 32.4 Å². The molecule has 4 nitrogen and oxygen atoms in total. The summed E-state index contributed by atoms with van der Waals surface area (Å²) < 4.78 is 5.78. The molecular weight excluding hydrogens is 276 g/mol. The quantitative estimate of drug-likeness (QED) is 0.792. The Balaban J connectivity index is 1.59. The molecule has 0 aromatic heterocycles. The van der Waals surface area contributed by atoms with Crippen molar-refractivity contribution in [3.8, 4) is 0 Å². The Hall–Kier alpha value is -1.10. The van der Waals surface area contributed by atoms with E-state index in [9.17, 15) is 4.79 Å². The molecule has 1 aromatic carbocycles. The topological polar surface area (TPSA) is 50.4 Å². The number of amides is 1. The second kappa shape index (κ2) is 8.25. The summed E-state index contributed by atoms with van der Waals surface area (Å²) >= 11 is 5.85. The summed E-state index contributed by atoms with van der Waals surface area (Å²) in [6.45, 7) is 3.39. The van der Waals surface area contributed by atoms with Crippen LogP contribution in [-0.4, -0.2) is 38.3 Å². The second-order valence-corrected chi connectivity index (χ2v) is 5.38. The number of ether oxygens (including phenoxy) is 1. The monoisotopic (exact) mass is 296 g/mol. The van der Waals surface area contributed by atoms with E-state index in [-0.39, 0.29) is 5.91 Å². The van der Waals surface area contributed by atoms with E-state index >= 15 is 0 Å². The molecule has 1 aromatic rings. The first-order chi connectivity index (χ1) is 9.75. The number of nitrogens with one attached hydrogen (secondary N) is 2. The molecule has 1 saturated heterocycles. The SMILES string of the molecule is O=C(NCCCOC1CCNCC1)c1cccc(Cl)c1. The van der Waals surface area contributed by atoms with Gasteiger partial charge in [-0.1, -0.05) is 17.7 Å². The van der Waals surface area contributed by atoms with Crippen LogP contribution in [0.25, 0.3) is 0 Å². The van der Waals surface area contributed by atoms with Crippen LogP contribution in [0, 0.1) is 0 Å². The average Bonchev–Trinajstić information content (AvgIpc) is 2.48. The van der Waals surface area contributed by atoms with Gasteiger partial charge < -0.3 is 15.4 Å². The highest BCUT2D eigenvalue weighted by Crippen LogP contribution is 2.10. The minimum absolute atomic E-state index is 0.0885. The van der Waals surface area contributed by atoms with Gasteiger partial charge in [0.15, 0.2) is 0 Å². The molecule has 20 heavy (non-hydrogen) atoms. The second-order valence-electron chi connectivity index (χ2n) is 4.94. The average molecular weight is 297 g/mol. The van der Waals surface area contributed by atoms with Gasteiger partial charge in [-0.05, 0) is 50.6 Å². The fraction of sp³-hybridized carbons (Fsp3) is 0.533. The Kier molecular flexibility index (Phi) is 6.30.